The summed E-state index contributed by atoms with van der Waals surface area (Å²) in [5, 5.41) is 6.29. The lowest BCUT2D eigenvalue weighted by Gasteiger charge is -2.36. The third kappa shape index (κ3) is 2.99. The summed E-state index contributed by atoms with van der Waals surface area (Å²) in [5.74, 6) is 0.703. The zero-order valence-corrected chi connectivity index (χ0v) is 8.98. The fourth-order valence-corrected chi connectivity index (χ4v) is 1.60. The lowest BCUT2D eigenvalue weighted by molar-refractivity contribution is -0.127. The average Bonchev–Trinajstić information content (AvgIpc) is 1.93. The summed E-state index contributed by atoms with van der Waals surface area (Å²) in [6.07, 6.45) is 0.919. The van der Waals surface area contributed by atoms with Crippen LogP contribution in [-0.4, -0.2) is 24.0 Å². The molecule has 0 aliphatic carbocycles. The van der Waals surface area contributed by atoms with Crippen LogP contribution in [0.1, 0.15) is 34.1 Å². The first-order chi connectivity index (χ1) is 5.91. The van der Waals surface area contributed by atoms with Crippen LogP contribution in [0.15, 0.2) is 0 Å². The van der Waals surface area contributed by atoms with Crippen LogP contribution in [0.5, 0.6) is 0 Å². The lowest BCUT2D eigenvalue weighted by atomic mass is 9.96. The van der Waals surface area contributed by atoms with E-state index in [2.05, 4.69) is 24.5 Å². The van der Waals surface area contributed by atoms with Crippen molar-refractivity contribution in [3.05, 3.63) is 0 Å². The van der Waals surface area contributed by atoms with Crippen LogP contribution in [0, 0.1) is 5.92 Å². The van der Waals surface area contributed by atoms with E-state index >= 15 is 0 Å². The molecule has 1 saturated heterocycles. The predicted molar refractivity (Wildman–Crippen MR) is 53.5 cm³/mol. The Morgan fingerprint density at radius 2 is 2.15 bits per heavy atom. The molecule has 1 atom stereocenters. The highest BCUT2D eigenvalue weighted by Gasteiger charge is 2.31. The van der Waals surface area contributed by atoms with Gasteiger partial charge >= 0.3 is 0 Å². The van der Waals surface area contributed by atoms with Gasteiger partial charge in [0.2, 0.25) is 5.91 Å². The molecule has 1 rings (SSSR count). The first kappa shape index (κ1) is 10.5. The number of hydrogen-bond donors (Lipinski definition) is 2. The zero-order chi connectivity index (χ0) is 10.1. The molecule has 0 saturated carbocycles. The number of carbonyl (C=O) groups is 1. The van der Waals surface area contributed by atoms with E-state index in [0.717, 1.165) is 13.0 Å². The van der Waals surface area contributed by atoms with E-state index in [-0.39, 0.29) is 17.5 Å². The molecule has 0 aromatic carbocycles. The summed E-state index contributed by atoms with van der Waals surface area (Å²) in [6.45, 7) is 9.19. The number of hydrogen-bond acceptors (Lipinski definition) is 2. The summed E-state index contributed by atoms with van der Waals surface area (Å²) < 4.78 is 0. The van der Waals surface area contributed by atoms with Crippen molar-refractivity contribution in [2.75, 3.05) is 6.54 Å². The second kappa shape index (κ2) is 3.66. The van der Waals surface area contributed by atoms with Gasteiger partial charge < -0.3 is 10.6 Å². The number of amides is 1. The average molecular weight is 184 g/mol. The Hall–Kier alpha value is -0.570. The smallest absolute Gasteiger partial charge is 0.237 e. The van der Waals surface area contributed by atoms with Crippen LogP contribution in [0.2, 0.25) is 0 Å². The van der Waals surface area contributed by atoms with Crippen LogP contribution in [0.25, 0.3) is 0 Å². The maximum atomic E-state index is 11.6. The van der Waals surface area contributed by atoms with Gasteiger partial charge in [0.05, 0.1) is 6.04 Å². The Kier molecular flexibility index (Phi) is 2.96. The van der Waals surface area contributed by atoms with E-state index < -0.39 is 0 Å². The Morgan fingerprint density at radius 3 is 2.62 bits per heavy atom. The van der Waals surface area contributed by atoms with Crippen molar-refractivity contribution in [3.63, 3.8) is 0 Å². The van der Waals surface area contributed by atoms with Crippen LogP contribution >= 0.6 is 0 Å². The fourth-order valence-electron chi connectivity index (χ4n) is 1.60. The molecule has 0 aromatic heterocycles. The largest absolute Gasteiger partial charge is 0.349 e. The van der Waals surface area contributed by atoms with Crippen molar-refractivity contribution in [1.29, 1.82) is 0 Å². The Labute approximate surface area is 80.3 Å². The summed E-state index contributed by atoms with van der Waals surface area (Å²) in [5.41, 5.74) is -0.0927. The van der Waals surface area contributed by atoms with Crippen molar-refractivity contribution >= 4 is 5.91 Å². The molecule has 1 fully saturated rings. The molecule has 0 spiro atoms. The molecule has 0 aromatic rings. The third-order valence-corrected chi connectivity index (χ3v) is 2.28. The van der Waals surface area contributed by atoms with Gasteiger partial charge in [-0.1, -0.05) is 13.8 Å². The molecule has 3 nitrogen and oxygen atoms in total. The maximum absolute atomic E-state index is 11.6. The molecule has 1 aliphatic rings. The second-order valence-corrected chi connectivity index (χ2v) is 4.94. The second-order valence-electron chi connectivity index (χ2n) is 4.94. The molecule has 3 heteroatoms. The van der Waals surface area contributed by atoms with Crippen LogP contribution < -0.4 is 10.6 Å². The van der Waals surface area contributed by atoms with Crippen molar-refractivity contribution in [1.82, 2.24) is 10.6 Å². The van der Waals surface area contributed by atoms with Gasteiger partial charge in [0.15, 0.2) is 0 Å². The number of carbonyl (C=O) groups excluding carboxylic acids is 1. The molecule has 1 unspecified atom stereocenters. The molecule has 2 N–H and O–H groups in total. The first-order valence-corrected chi connectivity index (χ1v) is 4.96. The number of nitrogens with one attached hydrogen (secondary N) is 2. The highest BCUT2D eigenvalue weighted by molar-refractivity contribution is 5.83. The Balaban J connectivity index is 2.49. The van der Waals surface area contributed by atoms with Crippen molar-refractivity contribution in [3.8, 4) is 0 Å². The summed E-state index contributed by atoms with van der Waals surface area (Å²) in [7, 11) is 0. The molecular weight excluding hydrogens is 164 g/mol. The minimum Gasteiger partial charge on any atom is -0.349 e. The van der Waals surface area contributed by atoms with Gasteiger partial charge in [0.1, 0.15) is 0 Å². The predicted octanol–water partition coefficient (Wildman–Crippen LogP) is 0.899. The fraction of sp³-hybridized carbons (Fsp3) is 0.900. The molecule has 1 heterocycles. The molecular formula is C10H20N2O. The lowest BCUT2D eigenvalue weighted by Crippen LogP contribution is -2.63. The van der Waals surface area contributed by atoms with E-state index in [9.17, 15) is 4.79 Å². The number of piperazine rings is 1. The van der Waals surface area contributed by atoms with Gasteiger partial charge in [-0.25, -0.2) is 0 Å². The molecule has 0 radical (unpaired) electrons. The van der Waals surface area contributed by atoms with Crippen LogP contribution in [-0.2, 0) is 4.79 Å². The number of rotatable bonds is 2. The minimum atomic E-state index is -0.0927. The molecule has 0 bridgehead atoms. The maximum Gasteiger partial charge on any atom is 0.237 e. The quantitative estimate of drug-likeness (QED) is 0.669. The minimum absolute atomic E-state index is 0.00743. The highest BCUT2D eigenvalue weighted by atomic mass is 16.2. The monoisotopic (exact) mass is 184 g/mol. The topological polar surface area (TPSA) is 41.1 Å². The Morgan fingerprint density at radius 1 is 1.54 bits per heavy atom. The SMILES string of the molecule is CC(C)CC1NCC(C)(C)NC1=O. The van der Waals surface area contributed by atoms with Crippen LogP contribution in [0.4, 0.5) is 0 Å². The normalized spacial score (nSPS) is 27.5. The van der Waals surface area contributed by atoms with Crippen molar-refractivity contribution in [2.24, 2.45) is 5.92 Å². The van der Waals surface area contributed by atoms with Gasteiger partial charge in [-0.05, 0) is 26.2 Å². The molecule has 1 aliphatic heterocycles. The molecule has 1 amide bonds. The molecule has 13 heavy (non-hydrogen) atoms. The summed E-state index contributed by atoms with van der Waals surface area (Å²) in [6, 6.07) is 0.00743. The van der Waals surface area contributed by atoms with E-state index in [4.69, 9.17) is 0 Å². The van der Waals surface area contributed by atoms with Gasteiger partial charge in [0.25, 0.3) is 0 Å². The molecule has 76 valence electrons. The van der Waals surface area contributed by atoms with Gasteiger partial charge in [-0.15, -0.1) is 0 Å². The first-order valence-electron chi connectivity index (χ1n) is 4.96. The van der Waals surface area contributed by atoms with Gasteiger partial charge in [-0.2, -0.15) is 0 Å². The van der Waals surface area contributed by atoms with E-state index in [1.54, 1.807) is 0 Å². The van der Waals surface area contributed by atoms with Gasteiger partial charge in [-0.3, -0.25) is 4.79 Å². The van der Waals surface area contributed by atoms with E-state index in [1.807, 2.05) is 13.8 Å². The van der Waals surface area contributed by atoms with E-state index in [0.29, 0.717) is 5.92 Å². The van der Waals surface area contributed by atoms with Crippen molar-refractivity contribution < 1.29 is 4.79 Å². The summed E-state index contributed by atoms with van der Waals surface area (Å²) in [4.78, 5) is 11.6. The summed E-state index contributed by atoms with van der Waals surface area (Å²) >= 11 is 0. The Bertz CT molecular complexity index is 199. The van der Waals surface area contributed by atoms with Crippen molar-refractivity contribution in [2.45, 2.75) is 45.7 Å². The van der Waals surface area contributed by atoms with Crippen LogP contribution in [0.3, 0.4) is 0 Å². The zero-order valence-electron chi connectivity index (χ0n) is 8.98. The van der Waals surface area contributed by atoms with Gasteiger partial charge in [0, 0.05) is 12.1 Å². The highest BCUT2D eigenvalue weighted by Crippen LogP contribution is 2.12. The standard InChI is InChI=1S/C10H20N2O/c1-7(2)5-8-9(13)12-10(3,4)6-11-8/h7-8,11H,5-6H2,1-4H3,(H,12,13). The van der Waals surface area contributed by atoms with E-state index in [1.165, 1.54) is 0 Å². The third-order valence-electron chi connectivity index (χ3n) is 2.28.